The second-order valence-electron chi connectivity index (χ2n) is 7.45. The van der Waals surface area contributed by atoms with Gasteiger partial charge in [-0.05, 0) is 44.0 Å². The number of hydrazine groups is 1. The van der Waals surface area contributed by atoms with Gasteiger partial charge in [-0.15, -0.1) is 0 Å². The van der Waals surface area contributed by atoms with Gasteiger partial charge in [0.05, 0.1) is 17.1 Å². The Balaban J connectivity index is 2.08. The number of pyridine rings is 1. The van der Waals surface area contributed by atoms with Crippen molar-refractivity contribution in [2.45, 2.75) is 57.2 Å². The minimum atomic E-state index is -4.85. The number of aromatic nitrogens is 1. The number of hydrogen-bond acceptors (Lipinski definition) is 5. The smallest absolute Gasteiger partial charge is 0.382 e. The molecule has 0 spiro atoms. The number of aliphatic hydroxyl groups excluding tert-OH is 1. The Morgan fingerprint density at radius 1 is 1.19 bits per heavy atom. The van der Waals surface area contributed by atoms with Gasteiger partial charge in [-0.2, -0.15) is 26.3 Å². The minimum Gasteiger partial charge on any atom is -0.382 e. The van der Waals surface area contributed by atoms with Gasteiger partial charge in [-0.3, -0.25) is 15.6 Å². The van der Waals surface area contributed by atoms with Crippen molar-refractivity contribution in [1.82, 2.24) is 10.4 Å². The molecular formula is C19H20F6N4O2. The van der Waals surface area contributed by atoms with Gasteiger partial charge in [0.1, 0.15) is 5.82 Å². The van der Waals surface area contributed by atoms with E-state index in [4.69, 9.17) is 0 Å². The number of rotatable bonds is 4. The van der Waals surface area contributed by atoms with Crippen molar-refractivity contribution in [3.8, 4) is 0 Å². The van der Waals surface area contributed by atoms with Gasteiger partial charge in [0, 0.05) is 24.0 Å². The maximum Gasteiger partial charge on any atom is 0.417 e. The fourth-order valence-electron chi connectivity index (χ4n) is 3.82. The first kappa shape index (κ1) is 22.9. The Hall–Kier alpha value is -2.76. The average Bonchev–Trinajstić information content (AvgIpc) is 3.04. The highest BCUT2D eigenvalue weighted by atomic mass is 19.4. The first-order chi connectivity index (χ1) is 14.3. The number of carbonyl (C=O) groups excluding carboxylic acids is 1. The fourth-order valence-corrected chi connectivity index (χ4v) is 3.82. The Bertz CT molecular complexity index is 978. The molecule has 12 heteroatoms. The number of nitrogens with zero attached hydrogens (tertiary/aromatic N) is 2. The third kappa shape index (κ3) is 4.78. The molecule has 3 N–H and O–H groups in total. The highest BCUT2D eigenvalue weighted by Gasteiger charge is 2.48. The summed E-state index contributed by atoms with van der Waals surface area (Å²) in [5, 5.41) is 9.46. The molecule has 0 saturated carbocycles. The number of carbonyl (C=O) groups is 1. The predicted molar refractivity (Wildman–Crippen MR) is 101 cm³/mol. The van der Waals surface area contributed by atoms with E-state index >= 15 is 0 Å². The van der Waals surface area contributed by atoms with Crippen molar-refractivity contribution < 1.29 is 36.2 Å². The van der Waals surface area contributed by atoms with E-state index in [2.05, 4.69) is 15.8 Å². The van der Waals surface area contributed by atoms with E-state index < -0.39 is 42.0 Å². The zero-order valence-electron chi connectivity index (χ0n) is 16.5. The van der Waals surface area contributed by atoms with Crippen molar-refractivity contribution in [3.05, 3.63) is 29.8 Å². The summed E-state index contributed by atoms with van der Waals surface area (Å²) in [5.74, 6) is -0.786. The van der Waals surface area contributed by atoms with Gasteiger partial charge in [-0.1, -0.05) is 0 Å². The molecule has 0 unspecified atom stereocenters. The van der Waals surface area contributed by atoms with Crippen LogP contribution in [0.3, 0.4) is 0 Å². The quantitative estimate of drug-likeness (QED) is 0.485. The molecule has 2 aromatic rings. The van der Waals surface area contributed by atoms with E-state index in [1.54, 1.807) is 6.92 Å². The molecule has 6 nitrogen and oxygen atoms in total. The number of anilines is 2. The summed E-state index contributed by atoms with van der Waals surface area (Å²) in [5.41, 5.74) is 3.42. The van der Waals surface area contributed by atoms with Crippen LogP contribution in [0.25, 0.3) is 10.9 Å². The molecule has 0 radical (unpaired) electrons. The van der Waals surface area contributed by atoms with Gasteiger partial charge >= 0.3 is 12.4 Å². The molecular weight excluding hydrogens is 430 g/mol. The van der Waals surface area contributed by atoms with E-state index in [0.29, 0.717) is 12.5 Å². The molecule has 2 heterocycles. The number of amides is 1. The summed E-state index contributed by atoms with van der Waals surface area (Å²) in [6, 6.07) is 2.75. The van der Waals surface area contributed by atoms with Gasteiger partial charge < -0.3 is 10.0 Å². The number of alkyl halides is 6. The maximum atomic E-state index is 13.7. The number of fused-ring (bicyclic) bond motifs is 1. The molecule has 31 heavy (non-hydrogen) atoms. The minimum absolute atomic E-state index is 0.0455. The molecule has 1 aliphatic rings. The zero-order valence-corrected chi connectivity index (χ0v) is 16.5. The van der Waals surface area contributed by atoms with Crippen LogP contribution in [0.4, 0.5) is 37.8 Å². The molecule has 1 aliphatic heterocycles. The molecule has 1 amide bonds. The number of hydrogen-bond donors (Lipinski definition) is 3. The van der Waals surface area contributed by atoms with E-state index in [1.165, 1.54) is 17.0 Å². The lowest BCUT2D eigenvalue weighted by Gasteiger charge is -2.34. The van der Waals surface area contributed by atoms with Crippen molar-refractivity contribution in [2.24, 2.45) is 0 Å². The average molecular weight is 450 g/mol. The van der Waals surface area contributed by atoms with Gasteiger partial charge in [-0.25, -0.2) is 4.98 Å². The van der Waals surface area contributed by atoms with Crippen LogP contribution in [0.15, 0.2) is 24.3 Å². The lowest BCUT2D eigenvalue weighted by atomic mass is 10.0. The van der Waals surface area contributed by atoms with Crippen LogP contribution >= 0.6 is 0 Å². The van der Waals surface area contributed by atoms with Crippen molar-refractivity contribution in [3.63, 3.8) is 0 Å². The summed E-state index contributed by atoms with van der Waals surface area (Å²) in [7, 11) is 0. The lowest BCUT2D eigenvalue weighted by Crippen LogP contribution is -2.48. The molecule has 1 saturated heterocycles. The Kier molecular flexibility index (Phi) is 5.96. The second kappa shape index (κ2) is 8.06. The number of halogens is 6. The highest BCUT2D eigenvalue weighted by Crippen LogP contribution is 2.40. The second-order valence-corrected chi connectivity index (χ2v) is 7.45. The van der Waals surface area contributed by atoms with Crippen LogP contribution in [0.5, 0.6) is 0 Å². The van der Waals surface area contributed by atoms with E-state index in [1.807, 2.05) is 0 Å². The third-order valence-corrected chi connectivity index (χ3v) is 5.17. The summed E-state index contributed by atoms with van der Waals surface area (Å²) in [6.07, 6.45) is -11.9. The Labute approximate surface area is 173 Å². The molecule has 0 aliphatic carbocycles. The van der Waals surface area contributed by atoms with Crippen LogP contribution in [-0.4, -0.2) is 40.4 Å². The molecule has 1 aromatic carbocycles. The molecule has 3 rings (SSSR count). The van der Waals surface area contributed by atoms with E-state index in [-0.39, 0.29) is 28.8 Å². The summed E-state index contributed by atoms with van der Waals surface area (Å²) < 4.78 is 80.4. The van der Waals surface area contributed by atoms with E-state index in [0.717, 1.165) is 13.0 Å². The topological polar surface area (TPSA) is 77.5 Å². The van der Waals surface area contributed by atoms with E-state index in [9.17, 15) is 36.2 Å². The molecule has 1 fully saturated rings. The zero-order chi connectivity index (χ0) is 23.1. The lowest BCUT2D eigenvalue weighted by molar-refractivity contribution is -0.209. The first-order valence-corrected chi connectivity index (χ1v) is 9.36. The number of benzene rings is 1. The van der Waals surface area contributed by atoms with Gasteiger partial charge in [0.25, 0.3) is 0 Å². The van der Waals surface area contributed by atoms with Crippen LogP contribution in [0.1, 0.15) is 32.3 Å². The van der Waals surface area contributed by atoms with Crippen molar-refractivity contribution in [1.29, 1.82) is 0 Å². The van der Waals surface area contributed by atoms with Crippen LogP contribution in [0.2, 0.25) is 0 Å². The monoisotopic (exact) mass is 450 g/mol. The third-order valence-electron chi connectivity index (χ3n) is 5.17. The molecule has 170 valence electrons. The predicted octanol–water partition coefficient (Wildman–Crippen LogP) is 4.00. The molecule has 0 bridgehead atoms. The Morgan fingerprint density at radius 2 is 1.87 bits per heavy atom. The first-order valence-electron chi connectivity index (χ1n) is 9.36. The van der Waals surface area contributed by atoms with Crippen LogP contribution in [-0.2, 0) is 11.0 Å². The standard InChI is InChI=1S/C19H20F6N4O2/c1-9-3-6-15(17(31)19(23,24)25)29(9)11-4-5-14-12(7-11)13(18(20,21)22)8-16(26-14)28-27-10(2)30/h4-5,7-9,15,17,31H,3,6H2,1-2H3,(H,26,28)(H,27,30)/t9-,15-,17-/m1/s1. The SMILES string of the molecule is CC(=O)NNc1cc(C(F)(F)F)c2cc(N3[C@H](C)CC[C@@H]3[C@@H](O)C(F)(F)F)ccc2n1. The van der Waals surface area contributed by atoms with Gasteiger partial charge in [0.2, 0.25) is 5.91 Å². The fraction of sp³-hybridized carbons (Fsp3) is 0.474. The summed E-state index contributed by atoms with van der Waals surface area (Å²) >= 11 is 0. The van der Waals surface area contributed by atoms with Crippen molar-refractivity contribution >= 4 is 28.3 Å². The summed E-state index contributed by atoms with van der Waals surface area (Å²) in [6.45, 7) is 2.81. The molecule has 3 atom stereocenters. The van der Waals surface area contributed by atoms with Crippen LogP contribution in [0, 0.1) is 0 Å². The molecule has 1 aromatic heterocycles. The Morgan fingerprint density at radius 3 is 2.45 bits per heavy atom. The summed E-state index contributed by atoms with van der Waals surface area (Å²) in [4.78, 5) is 16.3. The van der Waals surface area contributed by atoms with Crippen molar-refractivity contribution in [2.75, 3.05) is 10.3 Å². The normalized spacial score (nSPS) is 20.7. The highest BCUT2D eigenvalue weighted by molar-refractivity contribution is 5.88. The van der Waals surface area contributed by atoms with Crippen LogP contribution < -0.4 is 15.8 Å². The van der Waals surface area contributed by atoms with Gasteiger partial charge in [0.15, 0.2) is 6.10 Å². The number of aliphatic hydroxyl groups is 1. The number of nitrogens with one attached hydrogen (secondary N) is 2. The maximum absolute atomic E-state index is 13.7. The largest absolute Gasteiger partial charge is 0.417 e.